The van der Waals surface area contributed by atoms with Crippen molar-refractivity contribution in [2.75, 3.05) is 38.1 Å². The maximum absolute atomic E-state index is 14.0. The molecular weight excluding hydrogens is 827 g/mol. The van der Waals surface area contributed by atoms with Gasteiger partial charge in [0.15, 0.2) is 13.2 Å². The van der Waals surface area contributed by atoms with Gasteiger partial charge in [-0.05, 0) is 85.3 Å². The lowest BCUT2D eigenvalue weighted by Gasteiger charge is -2.24. The molecule has 0 bridgehead atoms. The van der Waals surface area contributed by atoms with Crippen molar-refractivity contribution in [1.29, 1.82) is 0 Å². The van der Waals surface area contributed by atoms with Crippen molar-refractivity contribution in [1.82, 2.24) is 4.90 Å². The van der Waals surface area contributed by atoms with Gasteiger partial charge in [-0.15, -0.1) is 22.7 Å². The molecule has 318 valence electrons. The monoisotopic (exact) mass is 869 g/mol. The van der Waals surface area contributed by atoms with Gasteiger partial charge in [-0.1, -0.05) is 44.2 Å². The molecule has 17 heteroatoms. The molecule has 7 rings (SSSR count). The highest BCUT2D eigenvalue weighted by molar-refractivity contribution is 7.17. The number of thiophene rings is 2. The van der Waals surface area contributed by atoms with Crippen LogP contribution in [-0.2, 0) is 65.4 Å². The molecule has 0 saturated heterocycles. The van der Waals surface area contributed by atoms with Gasteiger partial charge in [-0.25, -0.2) is 19.2 Å². The molecule has 1 aliphatic heterocycles. The first kappa shape index (κ1) is 42.9. The fraction of sp³-hybridized carbons (Fsp3) is 0.364. The summed E-state index contributed by atoms with van der Waals surface area (Å²) in [5, 5.41) is 5.93. The van der Waals surface area contributed by atoms with Gasteiger partial charge >= 0.3 is 23.9 Å². The van der Waals surface area contributed by atoms with Gasteiger partial charge in [0.05, 0.1) is 42.0 Å². The van der Waals surface area contributed by atoms with Crippen molar-refractivity contribution in [2.45, 2.75) is 64.8 Å². The van der Waals surface area contributed by atoms with Crippen molar-refractivity contribution in [3.63, 3.8) is 0 Å². The minimum atomic E-state index is -1.51. The largest absolute Gasteiger partial charge is 0.465 e. The van der Waals surface area contributed by atoms with Crippen LogP contribution in [0.25, 0.3) is 0 Å². The number of carbonyl (C=O) groups excluding carboxylic acids is 8. The van der Waals surface area contributed by atoms with Crippen LogP contribution in [0.15, 0.2) is 48.5 Å². The van der Waals surface area contributed by atoms with E-state index in [1.54, 1.807) is 30.3 Å². The summed E-state index contributed by atoms with van der Waals surface area (Å²) in [6.45, 7) is 2.72. The molecule has 4 aromatic rings. The van der Waals surface area contributed by atoms with E-state index in [0.717, 1.165) is 57.5 Å². The molecule has 0 unspecified atom stereocenters. The Kier molecular flexibility index (Phi) is 12.8. The molecule has 2 aromatic carbocycles. The highest BCUT2D eigenvalue weighted by Gasteiger charge is 2.44. The Morgan fingerprint density at radius 2 is 1.23 bits per heavy atom. The zero-order chi connectivity index (χ0) is 43.5. The van der Waals surface area contributed by atoms with Gasteiger partial charge in [0.25, 0.3) is 23.6 Å². The number of ether oxygens (including phenoxy) is 4. The zero-order valence-electron chi connectivity index (χ0n) is 33.9. The Hall–Kier alpha value is -6.20. The number of nitrogens with zero attached hydrogens (tertiary/aromatic N) is 1. The van der Waals surface area contributed by atoms with E-state index in [2.05, 4.69) is 24.5 Å². The normalized spacial score (nSPS) is 17.0. The van der Waals surface area contributed by atoms with Crippen LogP contribution in [0, 0.1) is 11.8 Å². The van der Waals surface area contributed by atoms with Crippen molar-refractivity contribution in [3.05, 3.63) is 103 Å². The molecule has 15 nitrogen and oxygen atoms in total. The molecule has 61 heavy (non-hydrogen) atoms. The van der Waals surface area contributed by atoms with E-state index in [1.165, 1.54) is 49.0 Å². The lowest BCUT2D eigenvalue weighted by Crippen LogP contribution is -2.47. The quantitative estimate of drug-likeness (QED) is 0.0929. The number of anilines is 2. The number of fused-ring (bicyclic) bond motifs is 3. The van der Waals surface area contributed by atoms with Gasteiger partial charge in [0.1, 0.15) is 16.0 Å². The van der Waals surface area contributed by atoms with E-state index >= 15 is 0 Å². The second-order valence-electron chi connectivity index (χ2n) is 15.3. The summed E-state index contributed by atoms with van der Waals surface area (Å²) < 4.78 is 20.7. The molecule has 0 saturated carbocycles. The summed E-state index contributed by atoms with van der Waals surface area (Å²) in [5.41, 5.74) is 2.42. The maximum atomic E-state index is 14.0. The van der Waals surface area contributed by atoms with Crippen LogP contribution < -0.4 is 10.6 Å². The molecule has 0 radical (unpaired) electrons. The summed E-state index contributed by atoms with van der Waals surface area (Å²) in [4.78, 5) is 109. The topological polar surface area (TPSA) is 201 Å². The molecule has 0 fully saturated rings. The first-order chi connectivity index (χ1) is 29.3. The molecule has 4 amide bonds. The van der Waals surface area contributed by atoms with Gasteiger partial charge < -0.3 is 29.6 Å². The second-order valence-corrected chi connectivity index (χ2v) is 17.5. The Morgan fingerprint density at radius 1 is 0.705 bits per heavy atom. The van der Waals surface area contributed by atoms with Gasteiger partial charge in [0, 0.05) is 16.2 Å². The smallest absolute Gasteiger partial charge is 0.341 e. The number of hydrogen-bond acceptors (Lipinski definition) is 14. The summed E-state index contributed by atoms with van der Waals surface area (Å²) in [6.07, 6.45) is 4.44. The van der Waals surface area contributed by atoms with Gasteiger partial charge in [0.2, 0.25) is 0 Å². The molecular formula is C44H43N3O12S2. The fourth-order valence-corrected chi connectivity index (χ4v) is 10.7. The van der Waals surface area contributed by atoms with Crippen molar-refractivity contribution < 1.29 is 57.3 Å². The summed E-state index contributed by atoms with van der Waals surface area (Å²) in [5.74, 6) is -5.50. The Morgan fingerprint density at radius 3 is 1.77 bits per heavy atom. The number of nitrogens with one attached hydrogen (secondary N) is 2. The van der Waals surface area contributed by atoms with Gasteiger partial charge in [-0.2, -0.15) is 0 Å². The Labute approximate surface area is 358 Å². The lowest BCUT2D eigenvalue weighted by molar-refractivity contribution is -0.151. The van der Waals surface area contributed by atoms with Crippen LogP contribution in [0.1, 0.15) is 105 Å². The summed E-state index contributed by atoms with van der Waals surface area (Å²) in [7, 11) is 2.52. The minimum Gasteiger partial charge on any atom is -0.465 e. The third kappa shape index (κ3) is 8.98. The Bertz CT molecular complexity index is 2460. The predicted octanol–water partition coefficient (Wildman–Crippen LogP) is 5.82. The zero-order valence-corrected chi connectivity index (χ0v) is 35.5. The first-order valence-electron chi connectivity index (χ1n) is 19.7. The molecule has 3 heterocycles. The molecule has 2 N–H and O–H groups in total. The molecule has 0 spiro atoms. The van der Waals surface area contributed by atoms with E-state index < -0.39 is 66.8 Å². The average molecular weight is 870 g/mol. The minimum absolute atomic E-state index is 0.0828. The number of amides is 4. The third-order valence-electron chi connectivity index (χ3n) is 11.0. The number of imide groups is 1. The van der Waals surface area contributed by atoms with Crippen LogP contribution in [0.5, 0.6) is 0 Å². The van der Waals surface area contributed by atoms with Crippen molar-refractivity contribution >= 4 is 80.2 Å². The van der Waals surface area contributed by atoms with Crippen LogP contribution in [0.3, 0.4) is 0 Å². The van der Waals surface area contributed by atoms with Gasteiger partial charge in [-0.3, -0.25) is 24.1 Å². The summed E-state index contributed by atoms with van der Waals surface area (Å²) in [6, 6.07) is 10.8. The molecule has 2 aromatic heterocycles. The number of esters is 4. The Balaban J connectivity index is 1.03. The predicted molar refractivity (Wildman–Crippen MR) is 223 cm³/mol. The molecule has 3 atom stereocenters. The number of rotatable bonds is 13. The second kappa shape index (κ2) is 18.2. The number of hydrogen-bond donors (Lipinski definition) is 2. The maximum Gasteiger partial charge on any atom is 0.341 e. The highest BCUT2D eigenvalue weighted by Crippen LogP contribution is 2.41. The van der Waals surface area contributed by atoms with Crippen LogP contribution in [0.4, 0.5) is 10.0 Å². The number of carbonyl (C=O) groups is 8. The third-order valence-corrected chi connectivity index (χ3v) is 13.3. The van der Waals surface area contributed by atoms with Crippen LogP contribution in [0.2, 0.25) is 0 Å². The van der Waals surface area contributed by atoms with E-state index in [1.807, 2.05) is 0 Å². The number of benzene rings is 2. The SMILES string of the molecule is COC(=O)c1c(NC(=O)COC(=O)c2ccc3c(c2)C(=O)N([C@H](Cc2ccccc2)C(=O)OCC(=O)Nc2sc4c(c2C(=O)OC)CC[C@@H](C)C4)C3=O)sc2c1CC[C@@H](C)C2. The number of methoxy groups -OCH3 is 2. The van der Waals surface area contributed by atoms with E-state index in [-0.39, 0.29) is 33.7 Å². The van der Waals surface area contributed by atoms with E-state index in [0.29, 0.717) is 40.8 Å². The lowest BCUT2D eigenvalue weighted by atomic mass is 9.88. The molecule has 2 aliphatic carbocycles. The first-order valence-corrected chi connectivity index (χ1v) is 21.4. The van der Waals surface area contributed by atoms with Crippen LogP contribution >= 0.6 is 22.7 Å². The van der Waals surface area contributed by atoms with Crippen molar-refractivity contribution in [2.24, 2.45) is 11.8 Å². The standard InChI is InChI=1S/C44H43N3O12S2/c1-22-10-13-27-31(16-22)60-37(35(27)43(54)56-3)45-33(48)20-58-41(52)25-12-15-26-29(19-25)40(51)47(39(26)50)30(18-24-8-6-5-7-9-24)42(53)59-21-34(49)46-38-36(44(55)57-4)28-14-11-23(2)17-32(28)61-38/h5-9,12,15,19,22-23,30H,10-11,13-14,16-18,20-21H2,1-4H3,(H,45,48)(H,46,49)/t22-,23-,30-/m1/s1. The van der Waals surface area contributed by atoms with E-state index in [9.17, 15) is 38.4 Å². The van der Waals surface area contributed by atoms with Crippen LogP contribution in [-0.4, -0.2) is 85.9 Å². The van der Waals surface area contributed by atoms with Crippen molar-refractivity contribution in [3.8, 4) is 0 Å². The average Bonchev–Trinajstić information content (AvgIpc) is 3.87. The van der Waals surface area contributed by atoms with E-state index in [4.69, 9.17) is 18.9 Å². The molecule has 3 aliphatic rings. The fourth-order valence-electron chi connectivity index (χ4n) is 7.87. The summed E-state index contributed by atoms with van der Waals surface area (Å²) >= 11 is 2.55. The highest BCUT2D eigenvalue weighted by atomic mass is 32.1.